The second-order valence-electron chi connectivity index (χ2n) is 6.38. The van der Waals surface area contributed by atoms with E-state index in [-0.39, 0.29) is 0 Å². The van der Waals surface area contributed by atoms with Crippen LogP contribution in [0.15, 0.2) is 36.4 Å². The van der Waals surface area contributed by atoms with E-state index in [4.69, 9.17) is 10.7 Å². The van der Waals surface area contributed by atoms with Gasteiger partial charge in [-0.25, -0.2) is 4.98 Å². The number of aryl methyl sites for hydroxylation is 3. The monoisotopic (exact) mass is 307 g/mol. The van der Waals surface area contributed by atoms with Crippen LogP contribution in [0.1, 0.15) is 42.3 Å². The first-order chi connectivity index (χ1) is 11.1. The number of unbranched alkanes of at least 4 members (excludes halogenated alkanes) is 1. The summed E-state index contributed by atoms with van der Waals surface area (Å²) in [7, 11) is 0. The van der Waals surface area contributed by atoms with Crippen molar-refractivity contribution in [2.45, 2.75) is 46.6 Å². The van der Waals surface area contributed by atoms with Crippen molar-refractivity contribution >= 4 is 16.7 Å². The fourth-order valence-electron chi connectivity index (χ4n) is 2.95. The molecule has 0 unspecified atom stereocenters. The molecule has 120 valence electrons. The Labute approximate surface area is 138 Å². The molecule has 3 aromatic rings. The summed E-state index contributed by atoms with van der Waals surface area (Å²) >= 11 is 0. The third-order valence-corrected chi connectivity index (χ3v) is 4.52. The number of nitrogens with zero attached hydrogens (tertiary/aromatic N) is 2. The van der Waals surface area contributed by atoms with E-state index >= 15 is 0 Å². The fraction of sp³-hybridized carbons (Fsp3) is 0.350. The lowest BCUT2D eigenvalue weighted by Gasteiger charge is -2.09. The molecule has 1 heterocycles. The van der Waals surface area contributed by atoms with Crippen LogP contribution in [0, 0.1) is 13.8 Å². The summed E-state index contributed by atoms with van der Waals surface area (Å²) in [6.45, 7) is 7.58. The van der Waals surface area contributed by atoms with Gasteiger partial charge in [0.1, 0.15) is 5.82 Å². The lowest BCUT2D eigenvalue weighted by molar-refractivity contribution is 0.623. The molecule has 2 aromatic carbocycles. The highest BCUT2D eigenvalue weighted by atomic mass is 15.1. The number of aromatic nitrogens is 2. The van der Waals surface area contributed by atoms with Gasteiger partial charge in [0.25, 0.3) is 0 Å². The van der Waals surface area contributed by atoms with Gasteiger partial charge in [0.15, 0.2) is 0 Å². The van der Waals surface area contributed by atoms with Gasteiger partial charge in [0.05, 0.1) is 11.0 Å². The Balaban J connectivity index is 2.04. The van der Waals surface area contributed by atoms with Crippen LogP contribution in [0.5, 0.6) is 0 Å². The van der Waals surface area contributed by atoms with E-state index in [2.05, 4.69) is 49.6 Å². The lowest BCUT2D eigenvalue weighted by atomic mass is 10.1. The number of rotatable bonds is 5. The van der Waals surface area contributed by atoms with Crippen LogP contribution < -0.4 is 5.73 Å². The number of hydrogen-bond acceptors (Lipinski definition) is 2. The molecule has 1 aromatic heterocycles. The number of imidazole rings is 1. The van der Waals surface area contributed by atoms with Crippen molar-refractivity contribution in [2.75, 3.05) is 5.73 Å². The van der Waals surface area contributed by atoms with Gasteiger partial charge < -0.3 is 10.3 Å². The van der Waals surface area contributed by atoms with E-state index in [1.54, 1.807) is 0 Å². The first-order valence-corrected chi connectivity index (χ1v) is 8.39. The summed E-state index contributed by atoms with van der Waals surface area (Å²) < 4.78 is 2.39. The molecule has 3 heteroatoms. The molecule has 0 saturated carbocycles. The summed E-state index contributed by atoms with van der Waals surface area (Å²) in [6.07, 6.45) is 3.20. The quantitative estimate of drug-likeness (QED) is 0.699. The van der Waals surface area contributed by atoms with Crippen molar-refractivity contribution in [1.29, 1.82) is 0 Å². The van der Waals surface area contributed by atoms with Gasteiger partial charge in [-0.2, -0.15) is 0 Å². The molecule has 0 aliphatic heterocycles. The van der Waals surface area contributed by atoms with Crippen molar-refractivity contribution in [3.05, 3.63) is 58.9 Å². The highest BCUT2D eigenvalue weighted by Crippen LogP contribution is 2.23. The minimum Gasteiger partial charge on any atom is -0.399 e. The predicted octanol–water partition coefficient (Wildman–Crippen LogP) is 4.63. The molecule has 0 amide bonds. The molecule has 3 rings (SSSR count). The Morgan fingerprint density at radius 1 is 1.04 bits per heavy atom. The standard InChI is InChI=1S/C20H25N3/c1-4-5-10-23-19-12-15(3)14(2)11-18(19)22-20(23)13-16-6-8-17(21)9-7-16/h6-9,11-12H,4-5,10,13,21H2,1-3H3. The Kier molecular flexibility index (Phi) is 4.37. The average Bonchev–Trinajstić information content (AvgIpc) is 2.84. The molecule has 0 aliphatic rings. The molecule has 23 heavy (non-hydrogen) atoms. The number of benzene rings is 2. The zero-order valence-electron chi connectivity index (χ0n) is 14.3. The summed E-state index contributed by atoms with van der Waals surface area (Å²) in [4.78, 5) is 4.92. The van der Waals surface area contributed by atoms with Gasteiger partial charge in [-0.05, 0) is 61.2 Å². The number of nitrogen functional groups attached to an aromatic ring is 1. The normalized spacial score (nSPS) is 11.3. The zero-order chi connectivity index (χ0) is 16.4. The minimum absolute atomic E-state index is 0.805. The highest BCUT2D eigenvalue weighted by Gasteiger charge is 2.12. The third-order valence-electron chi connectivity index (χ3n) is 4.52. The Hall–Kier alpha value is -2.29. The van der Waals surface area contributed by atoms with Crippen LogP contribution in [0.25, 0.3) is 11.0 Å². The van der Waals surface area contributed by atoms with E-state index in [0.29, 0.717) is 0 Å². The fourth-order valence-corrected chi connectivity index (χ4v) is 2.95. The largest absolute Gasteiger partial charge is 0.399 e. The third kappa shape index (κ3) is 3.24. The predicted molar refractivity (Wildman–Crippen MR) is 97.8 cm³/mol. The number of anilines is 1. The molecule has 0 atom stereocenters. The maximum atomic E-state index is 5.79. The van der Waals surface area contributed by atoms with Crippen LogP contribution in [0.3, 0.4) is 0 Å². The van der Waals surface area contributed by atoms with E-state index < -0.39 is 0 Å². The Bertz CT molecular complexity index is 813. The molecule has 0 radical (unpaired) electrons. The number of nitrogens with two attached hydrogens (primary N) is 1. The molecule has 2 N–H and O–H groups in total. The first-order valence-electron chi connectivity index (χ1n) is 8.39. The van der Waals surface area contributed by atoms with Crippen LogP contribution >= 0.6 is 0 Å². The molecule has 0 saturated heterocycles. The number of fused-ring (bicyclic) bond motifs is 1. The van der Waals surface area contributed by atoms with Crippen molar-refractivity contribution < 1.29 is 0 Å². The van der Waals surface area contributed by atoms with Crippen LogP contribution in [-0.4, -0.2) is 9.55 Å². The van der Waals surface area contributed by atoms with E-state index in [0.717, 1.165) is 30.0 Å². The zero-order valence-corrected chi connectivity index (χ0v) is 14.3. The van der Waals surface area contributed by atoms with E-state index in [1.165, 1.54) is 35.0 Å². The van der Waals surface area contributed by atoms with Crippen LogP contribution in [-0.2, 0) is 13.0 Å². The Morgan fingerprint density at radius 3 is 2.43 bits per heavy atom. The van der Waals surface area contributed by atoms with E-state index in [9.17, 15) is 0 Å². The van der Waals surface area contributed by atoms with Crippen molar-refractivity contribution in [2.24, 2.45) is 0 Å². The first kappa shape index (κ1) is 15.6. The minimum atomic E-state index is 0.805. The maximum Gasteiger partial charge on any atom is 0.114 e. The summed E-state index contributed by atoms with van der Waals surface area (Å²) in [5.41, 5.74) is 12.8. The topological polar surface area (TPSA) is 43.8 Å². The van der Waals surface area contributed by atoms with Gasteiger partial charge in [-0.15, -0.1) is 0 Å². The molecule has 0 bridgehead atoms. The summed E-state index contributed by atoms with van der Waals surface area (Å²) in [5, 5.41) is 0. The van der Waals surface area contributed by atoms with Crippen molar-refractivity contribution in [3.8, 4) is 0 Å². The SMILES string of the molecule is CCCCn1c(Cc2ccc(N)cc2)nc2cc(C)c(C)cc21. The second-order valence-corrected chi connectivity index (χ2v) is 6.38. The van der Waals surface area contributed by atoms with Gasteiger partial charge in [0.2, 0.25) is 0 Å². The summed E-state index contributed by atoms with van der Waals surface area (Å²) in [6, 6.07) is 12.6. The number of hydrogen-bond donors (Lipinski definition) is 1. The molecule has 0 aliphatic carbocycles. The van der Waals surface area contributed by atoms with Crippen molar-refractivity contribution in [3.63, 3.8) is 0 Å². The van der Waals surface area contributed by atoms with Crippen LogP contribution in [0.2, 0.25) is 0 Å². The molecular weight excluding hydrogens is 282 g/mol. The molecule has 0 fully saturated rings. The van der Waals surface area contributed by atoms with Crippen molar-refractivity contribution in [1.82, 2.24) is 9.55 Å². The summed E-state index contributed by atoms with van der Waals surface area (Å²) in [5.74, 6) is 1.14. The second kappa shape index (κ2) is 6.45. The van der Waals surface area contributed by atoms with E-state index in [1.807, 2.05) is 12.1 Å². The Morgan fingerprint density at radius 2 is 1.74 bits per heavy atom. The molecule has 3 nitrogen and oxygen atoms in total. The van der Waals surface area contributed by atoms with Gasteiger partial charge in [0, 0.05) is 18.7 Å². The van der Waals surface area contributed by atoms with Gasteiger partial charge >= 0.3 is 0 Å². The highest BCUT2D eigenvalue weighted by molar-refractivity contribution is 5.78. The van der Waals surface area contributed by atoms with Gasteiger partial charge in [-0.3, -0.25) is 0 Å². The molecular formula is C20H25N3. The lowest BCUT2D eigenvalue weighted by Crippen LogP contribution is -2.05. The van der Waals surface area contributed by atoms with Crippen LogP contribution in [0.4, 0.5) is 5.69 Å². The average molecular weight is 307 g/mol. The smallest absolute Gasteiger partial charge is 0.114 e. The van der Waals surface area contributed by atoms with Gasteiger partial charge in [-0.1, -0.05) is 25.5 Å². The maximum absolute atomic E-state index is 5.79. The molecule has 0 spiro atoms.